The summed E-state index contributed by atoms with van der Waals surface area (Å²) in [5, 5.41) is 13.2. The molecule has 3 rings (SSSR count). The second-order valence-corrected chi connectivity index (χ2v) is 6.87. The summed E-state index contributed by atoms with van der Waals surface area (Å²) in [5.41, 5.74) is 1.28. The van der Waals surface area contributed by atoms with Gasteiger partial charge in [0.25, 0.3) is 0 Å². The minimum absolute atomic E-state index is 0.156. The van der Waals surface area contributed by atoms with Crippen molar-refractivity contribution in [2.45, 2.75) is 0 Å². The van der Waals surface area contributed by atoms with E-state index in [-0.39, 0.29) is 11.4 Å². The van der Waals surface area contributed by atoms with Crippen molar-refractivity contribution in [1.29, 1.82) is 0 Å². The van der Waals surface area contributed by atoms with Crippen molar-refractivity contribution in [3.63, 3.8) is 0 Å². The third-order valence-electron chi connectivity index (χ3n) is 3.42. The van der Waals surface area contributed by atoms with Gasteiger partial charge in [-0.15, -0.1) is 0 Å². The average Bonchev–Trinajstić information content (AvgIpc) is 2.52. The highest BCUT2D eigenvalue weighted by atomic mass is 35.5. The first-order valence-corrected chi connectivity index (χ1v) is 8.42. The second-order valence-electron chi connectivity index (χ2n) is 5.13. The van der Waals surface area contributed by atoms with Crippen molar-refractivity contribution in [1.82, 2.24) is 4.98 Å². The molecule has 0 fully saturated rings. The van der Waals surface area contributed by atoms with Crippen LogP contribution in [0, 0.1) is 10.1 Å². The molecule has 0 saturated carbocycles. The van der Waals surface area contributed by atoms with Crippen molar-refractivity contribution in [2.24, 2.45) is 0 Å². The predicted octanol–water partition coefficient (Wildman–Crippen LogP) is 6.94. The van der Waals surface area contributed by atoms with E-state index < -0.39 is 4.92 Å². The molecule has 2 aromatic carbocycles. The van der Waals surface area contributed by atoms with Crippen LogP contribution in [-0.4, -0.2) is 9.91 Å². The zero-order valence-corrected chi connectivity index (χ0v) is 15.4. The minimum atomic E-state index is -0.499. The Kier molecular flexibility index (Phi) is 5.16. The molecule has 4 nitrogen and oxygen atoms in total. The Balaban J connectivity index is 2.30. The molecule has 8 heteroatoms. The van der Waals surface area contributed by atoms with Crippen LogP contribution in [0.3, 0.4) is 0 Å². The molecule has 0 N–H and O–H groups in total. The van der Waals surface area contributed by atoms with Crippen molar-refractivity contribution in [3.8, 4) is 22.4 Å². The van der Waals surface area contributed by atoms with Crippen molar-refractivity contribution in [2.75, 3.05) is 0 Å². The maximum atomic E-state index is 11.8. The van der Waals surface area contributed by atoms with Crippen LogP contribution in [0.1, 0.15) is 0 Å². The summed E-state index contributed by atoms with van der Waals surface area (Å²) in [5.74, 6) is 0. The van der Waals surface area contributed by atoms with Crippen LogP contribution in [-0.2, 0) is 0 Å². The van der Waals surface area contributed by atoms with Crippen LogP contribution in [0.5, 0.6) is 0 Å². The summed E-state index contributed by atoms with van der Waals surface area (Å²) in [6.07, 6.45) is 1.47. The Hall–Kier alpha value is -1.85. The van der Waals surface area contributed by atoms with E-state index in [0.717, 1.165) is 0 Å². The van der Waals surface area contributed by atoms with Crippen molar-refractivity contribution < 1.29 is 4.92 Å². The fraction of sp³-hybridized carbons (Fsp3) is 0. The normalized spacial score (nSPS) is 10.7. The number of aromatic nitrogens is 1. The quantitative estimate of drug-likeness (QED) is 0.345. The van der Waals surface area contributed by atoms with Crippen LogP contribution >= 0.6 is 46.4 Å². The molecule has 25 heavy (non-hydrogen) atoms. The van der Waals surface area contributed by atoms with Gasteiger partial charge >= 0.3 is 5.69 Å². The Morgan fingerprint density at radius 2 is 1.28 bits per heavy atom. The van der Waals surface area contributed by atoms with E-state index in [1.54, 1.807) is 36.4 Å². The van der Waals surface area contributed by atoms with Crippen LogP contribution in [0.4, 0.5) is 5.69 Å². The number of nitro groups is 1. The molecule has 0 radical (unpaired) electrons. The lowest BCUT2D eigenvalue weighted by Crippen LogP contribution is -1.98. The average molecular weight is 414 g/mol. The lowest BCUT2D eigenvalue weighted by Gasteiger charge is -2.09. The summed E-state index contributed by atoms with van der Waals surface area (Å²) in [6.45, 7) is 0. The Morgan fingerprint density at radius 3 is 1.76 bits per heavy atom. The fourth-order valence-electron chi connectivity index (χ4n) is 2.48. The van der Waals surface area contributed by atoms with Gasteiger partial charge in [0.05, 0.1) is 10.5 Å². The highest BCUT2D eigenvalue weighted by Crippen LogP contribution is 2.39. The highest BCUT2D eigenvalue weighted by Gasteiger charge is 2.24. The van der Waals surface area contributed by atoms with Crippen molar-refractivity contribution >= 4 is 52.1 Å². The summed E-state index contributed by atoms with van der Waals surface area (Å²) in [7, 11) is 0. The summed E-state index contributed by atoms with van der Waals surface area (Å²) < 4.78 is 0. The van der Waals surface area contributed by atoms with Gasteiger partial charge in [-0.1, -0.05) is 46.4 Å². The van der Waals surface area contributed by atoms with Crippen LogP contribution in [0.2, 0.25) is 20.1 Å². The Labute approximate surface area is 163 Å². The first kappa shape index (κ1) is 18.0. The topological polar surface area (TPSA) is 56.0 Å². The molecule has 0 atom stereocenters. The lowest BCUT2D eigenvalue weighted by molar-refractivity contribution is -0.383. The molecule has 1 heterocycles. The van der Waals surface area contributed by atoms with Crippen LogP contribution < -0.4 is 0 Å². The van der Waals surface area contributed by atoms with E-state index in [1.807, 2.05) is 0 Å². The van der Waals surface area contributed by atoms with E-state index in [1.165, 1.54) is 12.3 Å². The predicted molar refractivity (Wildman–Crippen MR) is 102 cm³/mol. The van der Waals surface area contributed by atoms with E-state index in [4.69, 9.17) is 46.4 Å². The van der Waals surface area contributed by atoms with Gasteiger partial charge in [0.1, 0.15) is 5.69 Å². The molecule has 0 saturated heterocycles. The highest BCUT2D eigenvalue weighted by molar-refractivity contribution is 6.35. The number of rotatable bonds is 3. The maximum absolute atomic E-state index is 11.8. The van der Waals surface area contributed by atoms with Crippen LogP contribution in [0.15, 0.2) is 48.7 Å². The smallest absolute Gasteiger partial charge is 0.258 e. The van der Waals surface area contributed by atoms with Gasteiger partial charge in [0, 0.05) is 31.9 Å². The standard InChI is InChI=1S/C17H8Cl4N2O2/c18-11-3-9(4-12(19)7-11)15-1-2-22-16(17(15)23(24)25)10-5-13(20)8-14(21)6-10/h1-8H. The summed E-state index contributed by atoms with van der Waals surface area (Å²) in [6, 6.07) is 11.0. The van der Waals surface area contributed by atoms with Crippen LogP contribution in [0.25, 0.3) is 22.4 Å². The molecule has 0 aliphatic heterocycles. The zero-order valence-electron chi connectivity index (χ0n) is 12.3. The van der Waals surface area contributed by atoms with Gasteiger partial charge in [0.2, 0.25) is 0 Å². The summed E-state index contributed by atoms with van der Waals surface area (Å²) >= 11 is 24.1. The summed E-state index contributed by atoms with van der Waals surface area (Å²) in [4.78, 5) is 15.4. The first-order valence-electron chi connectivity index (χ1n) is 6.91. The molecule has 3 aromatic rings. The number of nitrogens with zero attached hydrogens (tertiary/aromatic N) is 2. The molecule has 0 spiro atoms. The first-order chi connectivity index (χ1) is 11.8. The van der Waals surface area contributed by atoms with Gasteiger partial charge in [-0.3, -0.25) is 10.1 Å². The van der Waals surface area contributed by atoms with E-state index in [2.05, 4.69) is 4.98 Å². The number of halogens is 4. The van der Waals surface area contributed by atoms with Gasteiger partial charge in [-0.05, 0) is 48.0 Å². The monoisotopic (exact) mass is 412 g/mol. The maximum Gasteiger partial charge on any atom is 0.303 e. The van der Waals surface area contributed by atoms with Gasteiger partial charge in [-0.2, -0.15) is 0 Å². The zero-order chi connectivity index (χ0) is 18.1. The van der Waals surface area contributed by atoms with E-state index in [0.29, 0.717) is 36.8 Å². The Morgan fingerprint density at radius 1 is 0.800 bits per heavy atom. The van der Waals surface area contributed by atoms with E-state index in [9.17, 15) is 10.1 Å². The van der Waals surface area contributed by atoms with E-state index >= 15 is 0 Å². The number of pyridine rings is 1. The van der Waals surface area contributed by atoms with Gasteiger partial charge < -0.3 is 0 Å². The third kappa shape index (κ3) is 3.88. The SMILES string of the molecule is O=[N+]([O-])c1c(-c2cc(Cl)cc(Cl)c2)ccnc1-c1cc(Cl)cc(Cl)c1. The molecule has 0 aliphatic carbocycles. The molecular formula is C17H8Cl4N2O2. The van der Waals surface area contributed by atoms with Crippen molar-refractivity contribution in [3.05, 3.63) is 78.9 Å². The van der Waals surface area contributed by atoms with Gasteiger partial charge in [0.15, 0.2) is 0 Å². The molecule has 126 valence electrons. The Bertz CT molecular complexity index is 882. The molecule has 0 amide bonds. The second kappa shape index (κ2) is 7.18. The molecular weight excluding hydrogens is 406 g/mol. The lowest BCUT2D eigenvalue weighted by atomic mass is 10.0. The largest absolute Gasteiger partial charge is 0.303 e. The fourth-order valence-corrected chi connectivity index (χ4v) is 3.53. The third-order valence-corrected chi connectivity index (χ3v) is 4.29. The molecule has 0 unspecified atom stereocenters. The molecule has 0 bridgehead atoms. The minimum Gasteiger partial charge on any atom is -0.258 e. The van der Waals surface area contributed by atoms with Gasteiger partial charge in [-0.25, -0.2) is 4.98 Å². The number of hydrogen-bond acceptors (Lipinski definition) is 3. The molecule has 0 aliphatic rings. The number of benzene rings is 2. The molecule has 1 aromatic heterocycles. The number of hydrogen-bond donors (Lipinski definition) is 0.